The van der Waals surface area contributed by atoms with Crippen molar-refractivity contribution in [2.45, 2.75) is 4.90 Å². The summed E-state index contributed by atoms with van der Waals surface area (Å²) < 4.78 is 25.7. The Morgan fingerprint density at radius 3 is 2.76 bits per heavy atom. The fourth-order valence-corrected chi connectivity index (χ4v) is 1.95. The van der Waals surface area contributed by atoms with Gasteiger partial charge in [0.2, 0.25) is 10.0 Å². The molecule has 1 aromatic rings. The van der Waals surface area contributed by atoms with Crippen LogP contribution in [0.15, 0.2) is 35.4 Å². The summed E-state index contributed by atoms with van der Waals surface area (Å²) in [6, 6.07) is 4.50. The van der Waals surface area contributed by atoms with Crippen molar-refractivity contribution in [3.8, 4) is 6.07 Å². The first-order valence-electron chi connectivity index (χ1n) is 4.81. The lowest BCUT2D eigenvalue weighted by Crippen LogP contribution is -2.24. The molecule has 0 aromatic carbocycles. The molecule has 0 aliphatic heterocycles. The molecule has 0 spiro atoms. The van der Waals surface area contributed by atoms with E-state index < -0.39 is 10.0 Å². The number of nitriles is 1. The van der Waals surface area contributed by atoms with Crippen molar-refractivity contribution in [3.05, 3.63) is 36.2 Å². The van der Waals surface area contributed by atoms with Crippen LogP contribution < -0.4 is 10.5 Å². The summed E-state index contributed by atoms with van der Waals surface area (Å²) >= 11 is 0. The van der Waals surface area contributed by atoms with Gasteiger partial charge in [-0.1, -0.05) is 12.2 Å². The maximum absolute atomic E-state index is 11.7. The first-order valence-corrected chi connectivity index (χ1v) is 6.29. The van der Waals surface area contributed by atoms with Gasteiger partial charge in [0, 0.05) is 19.3 Å². The largest absolute Gasteiger partial charge is 0.327 e. The Bertz CT molecular complexity index is 528. The Labute approximate surface area is 99.8 Å². The molecule has 0 unspecified atom stereocenters. The highest BCUT2D eigenvalue weighted by Crippen LogP contribution is 2.06. The maximum Gasteiger partial charge on any atom is 0.242 e. The molecule has 90 valence electrons. The third-order valence-electron chi connectivity index (χ3n) is 1.86. The minimum atomic E-state index is -3.58. The van der Waals surface area contributed by atoms with E-state index in [4.69, 9.17) is 11.0 Å². The maximum atomic E-state index is 11.7. The monoisotopic (exact) mass is 252 g/mol. The van der Waals surface area contributed by atoms with Crippen LogP contribution in [0.4, 0.5) is 0 Å². The molecule has 0 atom stereocenters. The van der Waals surface area contributed by atoms with E-state index in [1.54, 1.807) is 12.2 Å². The molecule has 1 heterocycles. The molecular formula is C10H12N4O2S. The fourth-order valence-electron chi connectivity index (χ4n) is 1.03. The van der Waals surface area contributed by atoms with Crippen LogP contribution in [0, 0.1) is 11.3 Å². The van der Waals surface area contributed by atoms with Gasteiger partial charge in [0.15, 0.2) is 0 Å². The molecule has 0 fully saturated rings. The summed E-state index contributed by atoms with van der Waals surface area (Å²) in [7, 11) is -3.58. The lowest BCUT2D eigenvalue weighted by atomic mass is 10.4. The van der Waals surface area contributed by atoms with Crippen LogP contribution in [0.25, 0.3) is 0 Å². The topological polar surface area (TPSA) is 109 Å². The van der Waals surface area contributed by atoms with Gasteiger partial charge in [0.05, 0.1) is 0 Å². The van der Waals surface area contributed by atoms with Gasteiger partial charge in [-0.15, -0.1) is 0 Å². The number of aromatic nitrogens is 1. The molecule has 0 aliphatic rings. The van der Waals surface area contributed by atoms with E-state index in [9.17, 15) is 8.42 Å². The van der Waals surface area contributed by atoms with Gasteiger partial charge < -0.3 is 5.73 Å². The fraction of sp³-hybridized carbons (Fsp3) is 0.200. The summed E-state index contributed by atoms with van der Waals surface area (Å²) in [5.74, 6) is 0. The zero-order valence-electron chi connectivity index (χ0n) is 9.00. The van der Waals surface area contributed by atoms with Crippen molar-refractivity contribution in [3.63, 3.8) is 0 Å². The number of hydrogen-bond donors (Lipinski definition) is 2. The van der Waals surface area contributed by atoms with E-state index in [0.717, 1.165) is 6.20 Å². The van der Waals surface area contributed by atoms with Gasteiger partial charge in [-0.3, -0.25) is 0 Å². The van der Waals surface area contributed by atoms with Crippen LogP contribution >= 0.6 is 0 Å². The van der Waals surface area contributed by atoms with Gasteiger partial charge in [-0.05, 0) is 12.1 Å². The first-order chi connectivity index (χ1) is 8.10. The van der Waals surface area contributed by atoms with Crippen molar-refractivity contribution >= 4 is 10.0 Å². The number of nitrogens with one attached hydrogen (secondary N) is 1. The normalized spacial score (nSPS) is 11.5. The second-order valence-corrected chi connectivity index (χ2v) is 4.82. The van der Waals surface area contributed by atoms with E-state index in [0.29, 0.717) is 6.54 Å². The van der Waals surface area contributed by atoms with Crippen molar-refractivity contribution < 1.29 is 8.42 Å². The quantitative estimate of drug-likeness (QED) is 0.702. The number of sulfonamides is 1. The van der Waals surface area contributed by atoms with Gasteiger partial charge in [0.25, 0.3) is 0 Å². The van der Waals surface area contributed by atoms with Crippen LogP contribution in [0.1, 0.15) is 5.69 Å². The number of nitrogens with two attached hydrogens (primary N) is 1. The Morgan fingerprint density at radius 2 is 2.24 bits per heavy atom. The second-order valence-electron chi connectivity index (χ2n) is 3.05. The van der Waals surface area contributed by atoms with Crippen LogP contribution in [0.3, 0.4) is 0 Å². The smallest absolute Gasteiger partial charge is 0.242 e. The molecule has 6 nitrogen and oxygen atoms in total. The van der Waals surface area contributed by atoms with E-state index in [2.05, 4.69) is 9.71 Å². The summed E-state index contributed by atoms with van der Waals surface area (Å²) in [6.45, 7) is 0.527. The third kappa shape index (κ3) is 3.96. The molecule has 0 radical (unpaired) electrons. The second kappa shape index (κ2) is 6.10. The first kappa shape index (κ1) is 13.3. The Kier molecular flexibility index (Phi) is 4.78. The summed E-state index contributed by atoms with van der Waals surface area (Å²) in [4.78, 5) is 3.72. The van der Waals surface area contributed by atoms with Gasteiger partial charge in [-0.25, -0.2) is 18.1 Å². The van der Waals surface area contributed by atoms with Crippen molar-refractivity contribution in [1.82, 2.24) is 9.71 Å². The molecule has 1 aromatic heterocycles. The molecule has 0 saturated heterocycles. The molecule has 0 bridgehead atoms. The summed E-state index contributed by atoms with van der Waals surface area (Å²) in [5.41, 5.74) is 5.39. The highest BCUT2D eigenvalue weighted by Gasteiger charge is 2.12. The van der Waals surface area contributed by atoms with Crippen molar-refractivity contribution in [1.29, 1.82) is 5.26 Å². The summed E-state index contributed by atoms with van der Waals surface area (Å²) in [6.07, 6.45) is 4.42. The molecule has 0 amide bonds. The summed E-state index contributed by atoms with van der Waals surface area (Å²) in [5, 5.41) is 8.53. The Balaban J connectivity index is 2.76. The third-order valence-corrected chi connectivity index (χ3v) is 3.26. The predicted octanol–water partition coefficient (Wildman–Crippen LogP) is -0.254. The standard InChI is InChI=1S/C10H12N4O2S/c11-5-1-2-6-14-17(15,16)10-4-3-9(7-12)13-8-10/h1-4,8,14H,5-6,11H2/b2-1+. The molecule has 3 N–H and O–H groups in total. The Morgan fingerprint density at radius 1 is 1.47 bits per heavy atom. The highest BCUT2D eigenvalue weighted by atomic mass is 32.2. The SMILES string of the molecule is N#Cc1ccc(S(=O)(=O)NC/C=C/CN)cn1. The van der Waals surface area contributed by atoms with E-state index in [1.165, 1.54) is 12.1 Å². The molecular weight excluding hydrogens is 240 g/mol. The number of pyridine rings is 1. The van der Waals surface area contributed by atoms with E-state index >= 15 is 0 Å². The predicted molar refractivity (Wildman–Crippen MR) is 62.3 cm³/mol. The lowest BCUT2D eigenvalue weighted by molar-refractivity contribution is 0.585. The Hall–Kier alpha value is -1.75. The lowest BCUT2D eigenvalue weighted by Gasteiger charge is -2.03. The molecule has 1 rings (SSSR count). The minimum Gasteiger partial charge on any atom is -0.327 e. The molecule has 0 saturated carbocycles. The number of rotatable bonds is 5. The zero-order chi connectivity index (χ0) is 12.7. The number of nitrogens with zero attached hydrogens (tertiary/aromatic N) is 2. The minimum absolute atomic E-state index is 0.0256. The van der Waals surface area contributed by atoms with Gasteiger partial charge >= 0.3 is 0 Å². The van der Waals surface area contributed by atoms with E-state index in [-0.39, 0.29) is 17.1 Å². The van der Waals surface area contributed by atoms with E-state index in [1.807, 2.05) is 6.07 Å². The van der Waals surface area contributed by atoms with Gasteiger partial charge in [0.1, 0.15) is 16.7 Å². The average molecular weight is 252 g/mol. The van der Waals surface area contributed by atoms with Crippen molar-refractivity contribution in [2.75, 3.05) is 13.1 Å². The highest BCUT2D eigenvalue weighted by molar-refractivity contribution is 7.89. The van der Waals surface area contributed by atoms with Crippen LogP contribution in [-0.4, -0.2) is 26.5 Å². The zero-order valence-corrected chi connectivity index (χ0v) is 9.81. The van der Waals surface area contributed by atoms with Crippen LogP contribution in [0.2, 0.25) is 0 Å². The van der Waals surface area contributed by atoms with Gasteiger partial charge in [-0.2, -0.15) is 5.26 Å². The van der Waals surface area contributed by atoms with Crippen LogP contribution in [-0.2, 0) is 10.0 Å². The molecule has 17 heavy (non-hydrogen) atoms. The average Bonchev–Trinajstić information content (AvgIpc) is 2.35. The van der Waals surface area contributed by atoms with Crippen LogP contribution in [0.5, 0.6) is 0 Å². The van der Waals surface area contributed by atoms with Crippen molar-refractivity contribution in [2.24, 2.45) is 5.73 Å². The number of hydrogen-bond acceptors (Lipinski definition) is 5. The molecule has 7 heteroatoms. The molecule has 0 aliphatic carbocycles.